The Bertz CT molecular complexity index is 1250. The van der Waals surface area contributed by atoms with Gasteiger partial charge in [-0.2, -0.15) is 0 Å². The van der Waals surface area contributed by atoms with E-state index in [1.807, 2.05) is 26.3 Å². The van der Waals surface area contributed by atoms with Gasteiger partial charge < -0.3 is 19.3 Å². The van der Waals surface area contributed by atoms with E-state index in [9.17, 15) is 14.7 Å². The van der Waals surface area contributed by atoms with Gasteiger partial charge in [-0.15, -0.1) is 11.8 Å². The molecule has 0 unspecified atom stereocenters. The van der Waals surface area contributed by atoms with Crippen molar-refractivity contribution < 1.29 is 14.6 Å². The molecule has 1 N–H and O–H groups in total. The summed E-state index contributed by atoms with van der Waals surface area (Å²) in [6.45, 7) is 3.97. The number of hydrogen-bond acceptors (Lipinski definition) is 6. The Labute approximate surface area is 195 Å². The first kappa shape index (κ1) is 22.9. The molecular weight excluding hydrogens is 450 g/mol. The zero-order chi connectivity index (χ0) is 23.0. The van der Waals surface area contributed by atoms with Crippen LogP contribution in [-0.2, 0) is 16.1 Å². The number of halogens is 1. The van der Waals surface area contributed by atoms with Crippen molar-refractivity contribution >= 4 is 57.1 Å². The summed E-state index contributed by atoms with van der Waals surface area (Å²) in [7, 11) is 1.99. The third kappa shape index (κ3) is 4.19. The van der Waals surface area contributed by atoms with Crippen LogP contribution in [0.5, 0.6) is 0 Å². The Kier molecular flexibility index (Phi) is 6.65. The molecule has 9 heteroatoms. The van der Waals surface area contributed by atoms with Crippen LogP contribution < -0.4 is 10.3 Å². The number of aliphatic carboxylic acids is 1. The molecule has 1 saturated heterocycles. The zero-order valence-corrected chi connectivity index (χ0v) is 19.9. The molecule has 0 saturated carbocycles. The average molecular weight is 476 g/mol. The molecule has 0 spiro atoms. The highest BCUT2D eigenvalue weighted by atomic mass is 35.5. The number of carboxylic acid groups (broad SMARTS) is 1. The molecule has 170 valence electrons. The van der Waals surface area contributed by atoms with Gasteiger partial charge in [0.25, 0.3) is 0 Å². The lowest BCUT2D eigenvalue weighted by atomic mass is 10.00. The molecule has 4 rings (SSSR count). The average Bonchev–Trinajstić information content (AvgIpc) is 2.76. The number of fused-ring (bicyclic) bond motifs is 2. The van der Waals surface area contributed by atoms with Gasteiger partial charge in [-0.3, -0.25) is 9.59 Å². The topological polar surface area (TPSA) is 84.7 Å². The SMILES string of the molecule is CSc1c(Cl)ccc2c(=O)c3cc(C)c(N(C)CC4CCOCC4)nc3n(CC(=O)O)c12. The van der Waals surface area contributed by atoms with E-state index in [0.717, 1.165) is 44.0 Å². The van der Waals surface area contributed by atoms with Gasteiger partial charge >= 0.3 is 5.97 Å². The van der Waals surface area contributed by atoms with Crippen LogP contribution >= 0.6 is 23.4 Å². The fourth-order valence-corrected chi connectivity index (χ4v) is 5.55. The first-order chi connectivity index (χ1) is 15.3. The molecule has 1 aliphatic rings. The summed E-state index contributed by atoms with van der Waals surface area (Å²) >= 11 is 7.79. The van der Waals surface area contributed by atoms with Crippen LogP contribution in [0.2, 0.25) is 5.02 Å². The van der Waals surface area contributed by atoms with Crippen LogP contribution in [0.15, 0.2) is 27.9 Å². The van der Waals surface area contributed by atoms with Crippen LogP contribution in [0.25, 0.3) is 21.9 Å². The number of thioether (sulfide) groups is 1. The van der Waals surface area contributed by atoms with Crippen molar-refractivity contribution in [2.45, 2.75) is 31.2 Å². The quantitative estimate of drug-likeness (QED) is 0.422. The lowest BCUT2D eigenvalue weighted by Gasteiger charge is -2.29. The predicted molar refractivity (Wildman–Crippen MR) is 129 cm³/mol. The number of carboxylic acids is 1. The summed E-state index contributed by atoms with van der Waals surface area (Å²) < 4.78 is 7.07. The summed E-state index contributed by atoms with van der Waals surface area (Å²) in [5.41, 5.74) is 1.59. The Morgan fingerprint density at radius 1 is 1.34 bits per heavy atom. The van der Waals surface area contributed by atoms with Crippen LogP contribution in [0, 0.1) is 12.8 Å². The molecule has 0 aliphatic carbocycles. The Morgan fingerprint density at radius 3 is 2.72 bits per heavy atom. The number of aromatic nitrogens is 2. The van der Waals surface area contributed by atoms with Gasteiger partial charge in [0.05, 0.1) is 20.8 Å². The largest absolute Gasteiger partial charge is 0.480 e. The molecule has 3 aromatic rings. The standard InChI is InChI=1S/C23H26ClN3O4S/c1-13-10-16-20(30)15-4-5-17(24)21(32-3)19(15)27(12-18(28)29)23(16)25-22(13)26(2)11-14-6-8-31-9-7-14/h4-5,10,14H,6-9,11-12H2,1-3H3,(H,28,29). The number of rotatable bonds is 6. The number of nitrogens with zero attached hydrogens (tertiary/aromatic N) is 3. The predicted octanol–water partition coefficient (Wildman–Crippen LogP) is 4.18. The van der Waals surface area contributed by atoms with Gasteiger partial charge in [-0.25, -0.2) is 4.98 Å². The highest BCUT2D eigenvalue weighted by Crippen LogP contribution is 2.34. The Morgan fingerprint density at radius 2 is 2.06 bits per heavy atom. The number of benzene rings is 1. The van der Waals surface area contributed by atoms with Crippen molar-refractivity contribution in [2.24, 2.45) is 5.92 Å². The lowest BCUT2D eigenvalue weighted by molar-refractivity contribution is -0.137. The van der Waals surface area contributed by atoms with Crippen molar-refractivity contribution in [3.63, 3.8) is 0 Å². The molecule has 32 heavy (non-hydrogen) atoms. The molecule has 0 amide bonds. The second-order valence-electron chi connectivity index (χ2n) is 8.22. The first-order valence-electron chi connectivity index (χ1n) is 10.5. The van der Waals surface area contributed by atoms with E-state index < -0.39 is 5.97 Å². The number of aryl methyl sites for hydroxylation is 1. The van der Waals surface area contributed by atoms with Gasteiger partial charge in [0.1, 0.15) is 18.0 Å². The number of carbonyl (C=O) groups is 1. The molecule has 1 fully saturated rings. The van der Waals surface area contributed by atoms with Gasteiger partial charge in [0.15, 0.2) is 5.43 Å². The van der Waals surface area contributed by atoms with Crippen LogP contribution in [0.4, 0.5) is 5.82 Å². The van der Waals surface area contributed by atoms with Gasteiger partial charge in [-0.05, 0) is 55.7 Å². The molecule has 1 aliphatic heterocycles. The Hall–Kier alpha value is -2.29. The van der Waals surface area contributed by atoms with Gasteiger partial charge in [0.2, 0.25) is 0 Å². The monoisotopic (exact) mass is 475 g/mol. The Balaban J connectivity index is 1.96. The summed E-state index contributed by atoms with van der Waals surface area (Å²) in [5.74, 6) is 0.239. The van der Waals surface area contributed by atoms with Crippen molar-refractivity contribution in [2.75, 3.05) is 38.0 Å². The number of ether oxygens (including phenoxy) is 1. The van der Waals surface area contributed by atoms with E-state index in [0.29, 0.717) is 37.8 Å². The third-order valence-electron chi connectivity index (χ3n) is 6.00. The number of anilines is 1. The third-order valence-corrected chi connectivity index (χ3v) is 7.25. The van der Waals surface area contributed by atoms with E-state index >= 15 is 0 Å². The summed E-state index contributed by atoms with van der Waals surface area (Å²) in [6.07, 6.45) is 3.86. The maximum Gasteiger partial charge on any atom is 0.323 e. The van der Waals surface area contributed by atoms with Crippen molar-refractivity contribution in [3.8, 4) is 0 Å². The zero-order valence-electron chi connectivity index (χ0n) is 18.4. The van der Waals surface area contributed by atoms with E-state index in [2.05, 4.69) is 4.90 Å². The molecule has 0 atom stereocenters. The van der Waals surface area contributed by atoms with Crippen LogP contribution in [0.1, 0.15) is 18.4 Å². The first-order valence-corrected chi connectivity index (χ1v) is 12.1. The number of pyridine rings is 2. The molecule has 1 aromatic carbocycles. The molecule has 7 nitrogen and oxygen atoms in total. The maximum absolute atomic E-state index is 13.4. The summed E-state index contributed by atoms with van der Waals surface area (Å²) in [5, 5.41) is 11.0. The van der Waals surface area contributed by atoms with Crippen molar-refractivity contribution in [1.29, 1.82) is 0 Å². The lowest BCUT2D eigenvalue weighted by Crippen LogP contribution is -2.31. The van der Waals surface area contributed by atoms with Gasteiger partial charge in [-0.1, -0.05) is 11.6 Å². The molecule has 0 bridgehead atoms. The highest BCUT2D eigenvalue weighted by Gasteiger charge is 2.22. The normalized spacial score (nSPS) is 14.9. The van der Waals surface area contributed by atoms with Crippen molar-refractivity contribution in [3.05, 3.63) is 39.0 Å². The molecule has 3 heterocycles. The van der Waals surface area contributed by atoms with E-state index in [-0.39, 0.29) is 12.0 Å². The van der Waals surface area contributed by atoms with Gasteiger partial charge in [0, 0.05) is 32.2 Å². The van der Waals surface area contributed by atoms with Crippen LogP contribution in [-0.4, -0.2) is 53.7 Å². The minimum Gasteiger partial charge on any atom is -0.480 e. The fraction of sp³-hybridized carbons (Fsp3) is 0.435. The summed E-state index contributed by atoms with van der Waals surface area (Å²) in [4.78, 5) is 32.8. The van der Waals surface area contributed by atoms with E-state index in [1.165, 1.54) is 11.8 Å². The molecule has 0 radical (unpaired) electrons. The minimum absolute atomic E-state index is 0.169. The second kappa shape index (κ2) is 9.29. The van der Waals surface area contributed by atoms with E-state index in [1.54, 1.807) is 16.7 Å². The summed E-state index contributed by atoms with van der Waals surface area (Å²) in [6, 6.07) is 5.17. The minimum atomic E-state index is -1.01. The molecular formula is C23H26ClN3O4S. The fourth-order valence-electron chi connectivity index (χ4n) is 4.49. The highest BCUT2D eigenvalue weighted by molar-refractivity contribution is 7.99. The van der Waals surface area contributed by atoms with Crippen molar-refractivity contribution in [1.82, 2.24) is 9.55 Å². The maximum atomic E-state index is 13.4. The number of hydrogen-bond donors (Lipinski definition) is 1. The van der Waals surface area contributed by atoms with Crippen LogP contribution in [0.3, 0.4) is 0 Å². The smallest absolute Gasteiger partial charge is 0.323 e. The second-order valence-corrected chi connectivity index (χ2v) is 9.45. The van der Waals surface area contributed by atoms with E-state index in [4.69, 9.17) is 21.3 Å². The molecule has 2 aromatic heterocycles.